The second kappa shape index (κ2) is 5.25. The van der Waals surface area contributed by atoms with Crippen molar-refractivity contribution in [3.8, 4) is 0 Å². The highest BCUT2D eigenvalue weighted by Crippen LogP contribution is 2.36. The van der Waals surface area contributed by atoms with E-state index in [-0.39, 0.29) is 11.3 Å². The van der Waals surface area contributed by atoms with E-state index in [4.69, 9.17) is 4.74 Å². The predicted molar refractivity (Wildman–Crippen MR) is 76.3 cm³/mol. The number of aliphatic hydroxyl groups is 1. The van der Waals surface area contributed by atoms with Gasteiger partial charge in [-0.05, 0) is 5.56 Å². The molecule has 1 N–H and O–H groups in total. The number of aliphatic hydroxyl groups excluding tert-OH is 1. The van der Waals surface area contributed by atoms with Crippen LogP contribution in [0.3, 0.4) is 0 Å². The van der Waals surface area contributed by atoms with Gasteiger partial charge in [0.1, 0.15) is 5.76 Å². The minimum absolute atomic E-state index is 0.0163. The molecule has 104 valence electrons. The van der Waals surface area contributed by atoms with E-state index in [1.807, 2.05) is 6.07 Å². The molecule has 1 fully saturated rings. The van der Waals surface area contributed by atoms with Crippen LogP contribution in [0.4, 0.5) is 0 Å². The Morgan fingerprint density at radius 2 is 1.48 bits per heavy atom. The number of Topliss-reactive ketones (excluding diaryl/α,β-unsaturated/α-hetero) is 1. The first-order valence-corrected chi connectivity index (χ1v) is 6.47. The van der Waals surface area contributed by atoms with E-state index >= 15 is 0 Å². The van der Waals surface area contributed by atoms with E-state index in [0.29, 0.717) is 11.1 Å². The van der Waals surface area contributed by atoms with Crippen molar-refractivity contribution in [1.29, 1.82) is 0 Å². The number of hydrogen-bond donors (Lipinski definition) is 1. The van der Waals surface area contributed by atoms with Crippen molar-refractivity contribution in [2.45, 2.75) is 6.10 Å². The Balaban J connectivity index is 2.13. The van der Waals surface area contributed by atoms with E-state index in [1.54, 1.807) is 54.6 Å². The van der Waals surface area contributed by atoms with Crippen LogP contribution in [0.2, 0.25) is 0 Å². The van der Waals surface area contributed by atoms with Gasteiger partial charge in [0.25, 0.3) is 5.78 Å². The van der Waals surface area contributed by atoms with Crippen LogP contribution in [0.1, 0.15) is 17.2 Å². The molecule has 2 aromatic rings. The molecule has 4 heteroatoms. The molecular weight excluding hydrogens is 268 g/mol. The van der Waals surface area contributed by atoms with Crippen molar-refractivity contribution in [2.75, 3.05) is 0 Å². The zero-order chi connectivity index (χ0) is 14.8. The summed E-state index contributed by atoms with van der Waals surface area (Å²) < 4.78 is 5.11. The fourth-order valence-corrected chi connectivity index (χ4v) is 2.29. The van der Waals surface area contributed by atoms with Crippen molar-refractivity contribution in [2.24, 2.45) is 0 Å². The summed E-state index contributed by atoms with van der Waals surface area (Å²) in [6.45, 7) is 0. The summed E-state index contributed by atoms with van der Waals surface area (Å²) in [5, 5.41) is 10.4. The lowest BCUT2D eigenvalue weighted by molar-refractivity contribution is -0.149. The Bertz CT molecular complexity index is 717. The van der Waals surface area contributed by atoms with Crippen LogP contribution < -0.4 is 0 Å². The molecule has 3 rings (SSSR count). The first-order valence-electron chi connectivity index (χ1n) is 6.47. The summed E-state index contributed by atoms with van der Waals surface area (Å²) in [7, 11) is 0. The third-order valence-electron chi connectivity index (χ3n) is 3.32. The van der Waals surface area contributed by atoms with E-state index < -0.39 is 17.9 Å². The van der Waals surface area contributed by atoms with Crippen molar-refractivity contribution in [3.63, 3.8) is 0 Å². The van der Waals surface area contributed by atoms with Gasteiger partial charge in [0.15, 0.2) is 6.10 Å². The van der Waals surface area contributed by atoms with Gasteiger partial charge in [0, 0.05) is 5.56 Å². The number of ketones is 1. The van der Waals surface area contributed by atoms with Gasteiger partial charge in [0.05, 0.1) is 5.57 Å². The Kier molecular flexibility index (Phi) is 3.28. The average molecular weight is 280 g/mol. The van der Waals surface area contributed by atoms with Crippen LogP contribution in [-0.2, 0) is 14.3 Å². The van der Waals surface area contributed by atoms with E-state index in [1.165, 1.54) is 0 Å². The van der Waals surface area contributed by atoms with Crippen LogP contribution in [0, 0.1) is 0 Å². The molecule has 1 atom stereocenters. The summed E-state index contributed by atoms with van der Waals surface area (Å²) in [6.07, 6.45) is -0.869. The van der Waals surface area contributed by atoms with Crippen LogP contribution in [0.15, 0.2) is 66.2 Å². The van der Waals surface area contributed by atoms with Crippen LogP contribution in [0.5, 0.6) is 0 Å². The standard InChI is InChI=1S/C17H12O4/c18-14(11-7-3-1-4-8-11)13-15(19)17(20)21-16(13)12-9-5-2-6-10-12/h1-10,16,18H/b14-13-/t16-/m1/s1. The molecule has 0 spiro atoms. The molecule has 4 nitrogen and oxygen atoms in total. The number of esters is 1. The van der Waals surface area contributed by atoms with Gasteiger partial charge >= 0.3 is 5.97 Å². The lowest BCUT2D eigenvalue weighted by atomic mass is 9.97. The minimum Gasteiger partial charge on any atom is -0.507 e. The van der Waals surface area contributed by atoms with Crippen molar-refractivity contribution in [3.05, 3.63) is 77.4 Å². The maximum absolute atomic E-state index is 12.0. The first kappa shape index (κ1) is 13.1. The van der Waals surface area contributed by atoms with Crippen LogP contribution in [-0.4, -0.2) is 16.9 Å². The number of benzene rings is 2. The van der Waals surface area contributed by atoms with Gasteiger partial charge in [-0.1, -0.05) is 60.7 Å². The van der Waals surface area contributed by atoms with Crippen molar-refractivity contribution in [1.82, 2.24) is 0 Å². The number of rotatable bonds is 2. The van der Waals surface area contributed by atoms with Gasteiger partial charge in [-0.2, -0.15) is 0 Å². The molecule has 1 heterocycles. The smallest absolute Gasteiger partial charge is 0.380 e. The summed E-state index contributed by atoms with van der Waals surface area (Å²) >= 11 is 0. The normalized spacial score (nSPS) is 20.3. The number of carbonyl (C=O) groups excluding carboxylic acids is 2. The van der Waals surface area contributed by atoms with Crippen LogP contribution in [0.25, 0.3) is 5.76 Å². The zero-order valence-corrected chi connectivity index (χ0v) is 11.0. The molecule has 0 aromatic heterocycles. The molecule has 0 saturated carbocycles. The highest BCUT2D eigenvalue weighted by molar-refractivity contribution is 6.44. The van der Waals surface area contributed by atoms with Gasteiger partial charge in [0.2, 0.25) is 0 Å². The number of cyclic esters (lactones) is 1. The third-order valence-corrected chi connectivity index (χ3v) is 3.32. The van der Waals surface area contributed by atoms with Crippen molar-refractivity contribution >= 4 is 17.5 Å². The average Bonchev–Trinajstić information content (AvgIpc) is 2.84. The van der Waals surface area contributed by atoms with E-state index in [0.717, 1.165) is 0 Å². The first-order chi connectivity index (χ1) is 10.2. The highest BCUT2D eigenvalue weighted by atomic mass is 16.6. The third kappa shape index (κ3) is 2.31. The largest absolute Gasteiger partial charge is 0.507 e. The monoisotopic (exact) mass is 280 g/mol. The second-order valence-electron chi connectivity index (χ2n) is 4.65. The summed E-state index contributed by atoms with van der Waals surface area (Å²) in [4.78, 5) is 23.6. The molecular formula is C17H12O4. The topological polar surface area (TPSA) is 63.6 Å². The Labute approximate surface area is 121 Å². The number of hydrogen-bond acceptors (Lipinski definition) is 4. The Hall–Kier alpha value is -2.88. The highest BCUT2D eigenvalue weighted by Gasteiger charge is 2.42. The molecule has 1 aliphatic heterocycles. The molecule has 0 unspecified atom stereocenters. The molecule has 0 amide bonds. The number of carbonyl (C=O) groups is 2. The summed E-state index contributed by atoms with van der Waals surface area (Å²) in [6, 6.07) is 17.5. The predicted octanol–water partition coefficient (Wildman–Crippen LogP) is 2.82. The molecule has 21 heavy (non-hydrogen) atoms. The fraction of sp³-hybridized carbons (Fsp3) is 0.0588. The molecule has 1 saturated heterocycles. The quantitative estimate of drug-likeness (QED) is 0.397. The molecule has 0 bridgehead atoms. The van der Waals surface area contributed by atoms with Gasteiger partial charge in [-0.3, -0.25) is 4.79 Å². The number of ether oxygens (including phenoxy) is 1. The lowest BCUT2D eigenvalue weighted by Gasteiger charge is -2.12. The molecule has 1 aliphatic rings. The van der Waals surface area contributed by atoms with Gasteiger partial charge in [-0.25, -0.2) is 4.79 Å². The molecule has 2 aromatic carbocycles. The Morgan fingerprint density at radius 1 is 0.905 bits per heavy atom. The summed E-state index contributed by atoms with van der Waals surface area (Å²) in [5.41, 5.74) is 1.10. The SMILES string of the molecule is O=C1O[C@H](c2ccccc2)/C(=C(\O)c2ccccc2)C1=O. The van der Waals surface area contributed by atoms with E-state index in [9.17, 15) is 14.7 Å². The fourth-order valence-electron chi connectivity index (χ4n) is 2.29. The maximum Gasteiger partial charge on any atom is 0.380 e. The van der Waals surface area contributed by atoms with Crippen molar-refractivity contribution < 1.29 is 19.4 Å². The van der Waals surface area contributed by atoms with Gasteiger partial charge in [-0.15, -0.1) is 0 Å². The van der Waals surface area contributed by atoms with E-state index in [2.05, 4.69) is 0 Å². The summed E-state index contributed by atoms with van der Waals surface area (Å²) in [5.74, 6) is -1.97. The second-order valence-corrected chi connectivity index (χ2v) is 4.65. The molecule has 0 radical (unpaired) electrons. The zero-order valence-electron chi connectivity index (χ0n) is 11.0. The lowest BCUT2D eigenvalue weighted by Crippen LogP contribution is -2.08. The Morgan fingerprint density at radius 3 is 2.10 bits per heavy atom. The minimum atomic E-state index is -0.943. The van der Waals surface area contributed by atoms with Crippen LogP contribution >= 0.6 is 0 Å². The molecule has 0 aliphatic carbocycles. The van der Waals surface area contributed by atoms with Gasteiger partial charge < -0.3 is 9.84 Å². The maximum atomic E-state index is 12.0.